The van der Waals surface area contributed by atoms with Gasteiger partial charge in [-0.25, -0.2) is 14.4 Å². The largest absolute Gasteiger partial charge is 0.242 e. The quantitative estimate of drug-likeness (QED) is 0.720. The third kappa shape index (κ3) is 1.53. The molecule has 2 heterocycles. The van der Waals surface area contributed by atoms with Crippen LogP contribution < -0.4 is 0 Å². The lowest BCUT2D eigenvalue weighted by Crippen LogP contribution is -1.88. The van der Waals surface area contributed by atoms with Crippen LogP contribution in [-0.2, 0) is 0 Å². The lowest BCUT2D eigenvalue weighted by molar-refractivity contribution is 0.628. The van der Waals surface area contributed by atoms with Gasteiger partial charge in [-0.1, -0.05) is 0 Å². The van der Waals surface area contributed by atoms with E-state index < -0.39 is 0 Å². The van der Waals surface area contributed by atoms with Gasteiger partial charge < -0.3 is 0 Å². The van der Waals surface area contributed by atoms with Crippen molar-refractivity contribution in [2.45, 2.75) is 13.8 Å². The summed E-state index contributed by atoms with van der Waals surface area (Å²) in [6.45, 7) is 3.62. The second kappa shape index (κ2) is 3.46. The summed E-state index contributed by atoms with van der Waals surface area (Å²) >= 11 is 1.40. The first kappa shape index (κ1) is 9.27. The Morgan fingerprint density at radius 2 is 2.07 bits per heavy atom. The number of rotatable bonds is 1. The Balaban J connectivity index is 2.55. The van der Waals surface area contributed by atoms with Crippen molar-refractivity contribution in [1.82, 2.24) is 9.97 Å². The molecule has 2 rings (SSSR count). The van der Waals surface area contributed by atoms with E-state index in [-0.39, 0.29) is 5.82 Å². The monoisotopic (exact) mass is 208 g/mol. The summed E-state index contributed by atoms with van der Waals surface area (Å²) in [5.74, 6) is -0.173. The number of halogens is 1. The molecule has 72 valence electrons. The van der Waals surface area contributed by atoms with Gasteiger partial charge in [-0.3, -0.25) is 0 Å². The molecule has 0 N–H and O–H groups in total. The van der Waals surface area contributed by atoms with Crippen molar-refractivity contribution >= 4 is 11.3 Å². The van der Waals surface area contributed by atoms with Crippen LogP contribution in [0.25, 0.3) is 11.3 Å². The Morgan fingerprint density at radius 3 is 2.64 bits per heavy atom. The lowest BCUT2D eigenvalue weighted by atomic mass is 10.2. The summed E-state index contributed by atoms with van der Waals surface area (Å²) in [6, 6.07) is 1.78. The van der Waals surface area contributed by atoms with Gasteiger partial charge in [-0.15, -0.1) is 11.3 Å². The molecule has 0 spiro atoms. The molecule has 0 amide bonds. The second-order valence-electron chi connectivity index (χ2n) is 3.06. The minimum absolute atomic E-state index is 0.173. The second-order valence-corrected chi connectivity index (χ2v) is 4.15. The third-order valence-corrected chi connectivity index (χ3v) is 2.87. The molecule has 0 fully saturated rings. The highest BCUT2D eigenvalue weighted by Crippen LogP contribution is 2.28. The summed E-state index contributed by atoms with van der Waals surface area (Å²) in [4.78, 5) is 8.70. The molecular weight excluding hydrogens is 199 g/mol. The molecule has 0 aliphatic carbocycles. The number of thiophene rings is 1. The molecule has 0 aliphatic heterocycles. The third-order valence-electron chi connectivity index (χ3n) is 1.98. The summed E-state index contributed by atoms with van der Waals surface area (Å²) in [5.41, 5.74) is 2.07. The molecule has 4 heteroatoms. The van der Waals surface area contributed by atoms with Gasteiger partial charge in [0.15, 0.2) is 0 Å². The van der Waals surface area contributed by atoms with E-state index in [2.05, 4.69) is 9.97 Å². The molecule has 0 radical (unpaired) electrons. The van der Waals surface area contributed by atoms with E-state index in [1.54, 1.807) is 18.4 Å². The Bertz CT molecular complexity index is 465. The minimum atomic E-state index is -0.173. The molecule has 0 aliphatic rings. The molecule has 2 aromatic heterocycles. The first-order valence-corrected chi connectivity index (χ1v) is 5.09. The predicted molar refractivity (Wildman–Crippen MR) is 54.8 cm³/mol. The highest BCUT2D eigenvalue weighted by atomic mass is 32.1. The Labute approximate surface area is 85.5 Å². The Morgan fingerprint density at radius 1 is 1.29 bits per heavy atom. The maximum Gasteiger partial charge on any atom is 0.146 e. The van der Waals surface area contributed by atoms with Crippen molar-refractivity contribution < 1.29 is 4.39 Å². The van der Waals surface area contributed by atoms with Crippen LogP contribution in [0.15, 0.2) is 17.8 Å². The van der Waals surface area contributed by atoms with E-state index in [4.69, 9.17) is 0 Å². The highest BCUT2D eigenvalue weighted by molar-refractivity contribution is 7.10. The molecule has 0 unspecified atom stereocenters. The van der Waals surface area contributed by atoms with Crippen LogP contribution >= 0.6 is 11.3 Å². The average Bonchev–Trinajstić information content (AvgIpc) is 2.48. The standard InChI is InChI=1S/C10H9FN2S/c1-6-3-9(13-5-12-6)8-4-14-7(2)10(8)11/h3-5H,1-2H3. The molecule has 2 nitrogen and oxygen atoms in total. The van der Waals surface area contributed by atoms with E-state index in [0.717, 1.165) is 5.69 Å². The summed E-state index contributed by atoms with van der Waals surface area (Å²) in [5, 5.41) is 1.78. The van der Waals surface area contributed by atoms with Gasteiger partial charge in [0.05, 0.1) is 5.69 Å². The Kier molecular flexibility index (Phi) is 2.29. The molecule has 0 saturated heterocycles. The summed E-state index contributed by atoms with van der Waals surface area (Å²) in [6.07, 6.45) is 1.46. The van der Waals surface area contributed by atoms with Gasteiger partial charge in [0, 0.05) is 21.5 Å². The molecule has 0 atom stereocenters. The maximum atomic E-state index is 13.5. The van der Waals surface area contributed by atoms with E-state index in [9.17, 15) is 4.39 Å². The van der Waals surface area contributed by atoms with Gasteiger partial charge in [0.1, 0.15) is 12.1 Å². The first-order valence-electron chi connectivity index (χ1n) is 4.21. The Hall–Kier alpha value is -1.29. The van der Waals surface area contributed by atoms with E-state index in [1.165, 1.54) is 17.7 Å². The van der Waals surface area contributed by atoms with Crippen molar-refractivity contribution in [3.8, 4) is 11.3 Å². The minimum Gasteiger partial charge on any atom is -0.242 e. The van der Waals surface area contributed by atoms with Crippen molar-refractivity contribution in [2.75, 3.05) is 0 Å². The SMILES string of the molecule is Cc1cc(-c2csc(C)c2F)ncn1. The molecular formula is C10H9FN2S. The topological polar surface area (TPSA) is 25.8 Å². The zero-order valence-electron chi connectivity index (χ0n) is 7.91. The van der Waals surface area contributed by atoms with Crippen LogP contribution in [-0.4, -0.2) is 9.97 Å². The van der Waals surface area contributed by atoms with Gasteiger partial charge in [-0.2, -0.15) is 0 Å². The molecule has 0 saturated carbocycles. The lowest BCUT2D eigenvalue weighted by Gasteiger charge is -1.98. The number of aryl methyl sites for hydroxylation is 2. The van der Waals surface area contributed by atoms with Crippen LogP contribution in [0.2, 0.25) is 0 Å². The fourth-order valence-electron chi connectivity index (χ4n) is 1.22. The summed E-state index contributed by atoms with van der Waals surface area (Å²) in [7, 11) is 0. The zero-order chi connectivity index (χ0) is 10.1. The van der Waals surface area contributed by atoms with Crippen LogP contribution in [0, 0.1) is 19.7 Å². The normalized spacial score (nSPS) is 10.5. The van der Waals surface area contributed by atoms with Gasteiger partial charge >= 0.3 is 0 Å². The van der Waals surface area contributed by atoms with Crippen LogP contribution in [0.1, 0.15) is 10.6 Å². The number of hydrogen-bond donors (Lipinski definition) is 0. The van der Waals surface area contributed by atoms with Gasteiger partial charge in [0.2, 0.25) is 0 Å². The van der Waals surface area contributed by atoms with Crippen molar-refractivity contribution in [3.05, 3.63) is 34.2 Å². The fourth-order valence-corrected chi connectivity index (χ4v) is 1.95. The van der Waals surface area contributed by atoms with E-state index in [1.807, 2.05) is 6.92 Å². The fraction of sp³-hybridized carbons (Fsp3) is 0.200. The van der Waals surface area contributed by atoms with Crippen LogP contribution in [0.3, 0.4) is 0 Å². The molecule has 0 aromatic carbocycles. The average molecular weight is 208 g/mol. The number of hydrogen-bond acceptors (Lipinski definition) is 3. The van der Waals surface area contributed by atoms with Crippen molar-refractivity contribution in [3.63, 3.8) is 0 Å². The highest BCUT2D eigenvalue weighted by Gasteiger charge is 2.10. The first-order chi connectivity index (χ1) is 6.68. The van der Waals surface area contributed by atoms with Gasteiger partial charge in [0.25, 0.3) is 0 Å². The molecule has 2 aromatic rings. The molecule has 0 bridgehead atoms. The number of aromatic nitrogens is 2. The zero-order valence-corrected chi connectivity index (χ0v) is 8.73. The molecule has 14 heavy (non-hydrogen) atoms. The number of nitrogens with zero attached hydrogens (tertiary/aromatic N) is 2. The van der Waals surface area contributed by atoms with Crippen LogP contribution in [0.5, 0.6) is 0 Å². The van der Waals surface area contributed by atoms with Gasteiger partial charge in [-0.05, 0) is 19.9 Å². The summed E-state index contributed by atoms with van der Waals surface area (Å²) < 4.78 is 13.5. The van der Waals surface area contributed by atoms with Crippen molar-refractivity contribution in [2.24, 2.45) is 0 Å². The van der Waals surface area contributed by atoms with E-state index >= 15 is 0 Å². The predicted octanol–water partition coefficient (Wildman–Crippen LogP) is 2.96. The van der Waals surface area contributed by atoms with Crippen LogP contribution in [0.4, 0.5) is 4.39 Å². The smallest absolute Gasteiger partial charge is 0.146 e. The van der Waals surface area contributed by atoms with Crippen molar-refractivity contribution in [1.29, 1.82) is 0 Å². The maximum absolute atomic E-state index is 13.5. The van der Waals surface area contributed by atoms with E-state index in [0.29, 0.717) is 16.1 Å².